The average molecular weight is 545 g/mol. The Bertz CT molecular complexity index is 1090. The van der Waals surface area contributed by atoms with Crippen LogP contribution in [0.25, 0.3) is 0 Å². The maximum atomic E-state index is 13.3. The first-order chi connectivity index (χ1) is 17.8. The summed E-state index contributed by atoms with van der Waals surface area (Å²) in [4.78, 5) is 41.9. The zero-order chi connectivity index (χ0) is 26.4. The third-order valence-corrected chi connectivity index (χ3v) is 7.03. The van der Waals surface area contributed by atoms with Crippen molar-refractivity contribution in [3.05, 3.63) is 65.7 Å². The summed E-state index contributed by atoms with van der Waals surface area (Å²) in [5, 5.41) is 5.97. The number of alkyl carbamates (subject to hydrolysis) is 1. The van der Waals surface area contributed by atoms with Gasteiger partial charge in [-0.05, 0) is 56.4 Å². The standard InChI is InChI=1S/C28H36N4O5.ClH/c1-20(2)37-27(35)29-24(22-7-5-4-6-8-22)13-16-31-17-14-28(15-18-31)25(33)32(26(34)30-28)19-21-9-11-23(36-3)12-10-21;/h4-12,20,24H,13-19H2,1-3H3,(H,29,35)(H,30,34);1H/t24-;/m0./s1. The largest absolute Gasteiger partial charge is 0.497 e. The van der Waals surface area contributed by atoms with Crippen LogP contribution in [0.1, 0.15) is 50.3 Å². The summed E-state index contributed by atoms with van der Waals surface area (Å²) in [6.07, 6.45) is 1.18. The fraction of sp³-hybridized carbons (Fsp3) is 0.464. The van der Waals surface area contributed by atoms with Crippen LogP contribution in [0.3, 0.4) is 0 Å². The van der Waals surface area contributed by atoms with E-state index < -0.39 is 11.6 Å². The van der Waals surface area contributed by atoms with Crippen LogP contribution < -0.4 is 15.4 Å². The van der Waals surface area contributed by atoms with E-state index in [9.17, 15) is 14.4 Å². The second-order valence-electron chi connectivity index (χ2n) is 9.94. The van der Waals surface area contributed by atoms with E-state index in [-0.39, 0.29) is 43.0 Å². The molecule has 0 unspecified atom stereocenters. The minimum atomic E-state index is -0.849. The lowest BCUT2D eigenvalue weighted by Crippen LogP contribution is -2.55. The van der Waals surface area contributed by atoms with Gasteiger partial charge in [0.25, 0.3) is 5.91 Å². The Kier molecular flexibility index (Phi) is 9.99. The summed E-state index contributed by atoms with van der Waals surface area (Å²) in [5.74, 6) is 0.569. The molecule has 0 aromatic heterocycles. The van der Waals surface area contributed by atoms with E-state index in [1.165, 1.54) is 4.90 Å². The first kappa shape index (κ1) is 29.3. The quantitative estimate of drug-likeness (QED) is 0.457. The van der Waals surface area contributed by atoms with Crippen molar-refractivity contribution in [2.75, 3.05) is 26.7 Å². The number of amides is 4. The first-order valence-electron chi connectivity index (χ1n) is 12.8. The van der Waals surface area contributed by atoms with E-state index in [2.05, 4.69) is 15.5 Å². The molecule has 2 aliphatic heterocycles. The highest BCUT2D eigenvalue weighted by Gasteiger charge is 2.52. The molecule has 2 aromatic carbocycles. The molecule has 0 radical (unpaired) electrons. The highest BCUT2D eigenvalue weighted by atomic mass is 35.5. The van der Waals surface area contributed by atoms with Gasteiger partial charge in [0.15, 0.2) is 0 Å². The number of carbonyl (C=O) groups excluding carboxylic acids is 3. The summed E-state index contributed by atoms with van der Waals surface area (Å²) in [6, 6.07) is 16.7. The third-order valence-electron chi connectivity index (χ3n) is 7.03. The summed E-state index contributed by atoms with van der Waals surface area (Å²) in [6.45, 7) is 5.98. The molecule has 1 atom stereocenters. The van der Waals surface area contributed by atoms with E-state index in [1.54, 1.807) is 7.11 Å². The van der Waals surface area contributed by atoms with Crippen LogP contribution in [-0.2, 0) is 16.1 Å². The molecule has 2 fully saturated rings. The molecular formula is C28H37ClN4O5. The molecule has 9 nitrogen and oxygen atoms in total. The summed E-state index contributed by atoms with van der Waals surface area (Å²) in [5.41, 5.74) is 1.04. The van der Waals surface area contributed by atoms with Crippen LogP contribution in [0.2, 0.25) is 0 Å². The third kappa shape index (κ3) is 6.96. The lowest BCUT2D eigenvalue weighted by atomic mass is 9.87. The number of benzene rings is 2. The molecule has 2 aromatic rings. The van der Waals surface area contributed by atoms with Crippen molar-refractivity contribution in [1.82, 2.24) is 20.4 Å². The van der Waals surface area contributed by atoms with Crippen molar-refractivity contribution in [3.63, 3.8) is 0 Å². The number of likely N-dealkylation sites (tertiary alicyclic amines) is 1. The van der Waals surface area contributed by atoms with Gasteiger partial charge in [0.05, 0.1) is 25.8 Å². The molecular weight excluding hydrogens is 508 g/mol. The normalized spacial score (nSPS) is 17.6. The van der Waals surface area contributed by atoms with Gasteiger partial charge in [-0.2, -0.15) is 0 Å². The Labute approximate surface area is 230 Å². The lowest BCUT2D eigenvalue weighted by molar-refractivity contribution is -0.133. The molecule has 10 heteroatoms. The number of rotatable bonds is 9. The molecule has 2 aliphatic rings. The fourth-order valence-electron chi connectivity index (χ4n) is 4.94. The Morgan fingerprint density at radius 1 is 1.05 bits per heavy atom. The Morgan fingerprint density at radius 3 is 2.32 bits per heavy atom. The topological polar surface area (TPSA) is 100 Å². The second kappa shape index (κ2) is 13.0. The monoisotopic (exact) mass is 544 g/mol. The Hall–Kier alpha value is -3.30. The highest BCUT2D eigenvalue weighted by molar-refractivity contribution is 6.07. The van der Waals surface area contributed by atoms with Gasteiger partial charge < -0.3 is 25.0 Å². The number of urea groups is 1. The van der Waals surface area contributed by atoms with E-state index in [0.717, 1.165) is 23.4 Å². The predicted molar refractivity (Wildman–Crippen MR) is 146 cm³/mol. The molecule has 2 saturated heterocycles. The molecule has 2 heterocycles. The van der Waals surface area contributed by atoms with Crippen molar-refractivity contribution in [3.8, 4) is 5.75 Å². The van der Waals surface area contributed by atoms with Crippen LogP contribution in [-0.4, -0.2) is 66.2 Å². The minimum absolute atomic E-state index is 0. The van der Waals surface area contributed by atoms with Crippen LogP contribution in [0.4, 0.5) is 9.59 Å². The minimum Gasteiger partial charge on any atom is -0.497 e. The van der Waals surface area contributed by atoms with Crippen molar-refractivity contribution < 1.29 is 23.9 Å². The fourth-order valence-corrected chi connectivity index (χ4v) is 4.94. The highest BCUT2D eigenvalue weighted by Crippen LogP contribution is 2.31. The Morgan fingerprint density at radius 2 is 1.71 bits per heavy atom. The maximum Gasteiger partial charge on any atom is 0.407 e. The first-order valence-corrected chi connectivity index (χ1v) is 12.8. The van der Waals surface area contributed by atoms with E-state index in [4.69, 9.17) is 9.47 Å². The number of nitrogens with zero attached hydrogens (tertiary/aromatic N) is 2. The predicted octanol–water partition coefficient (Wildman–Crippen LogP) is 4.27. The number of carbonyl (C=O) groups is 3. The van der Waals surface area contributed by atoms with Crippen LogP contribution in [0, 0.1) is 0 Å². The number of hydrogen-bond donors (Lipinski definition) is 2. The maximum absolute atomic E-state index is 13.3. The second-order valence-corrected chi connectivity index (χ2v) is 9.94. The van der Waals surface area contributed by atoms with Gasteiger partial charge in [-0.25, -0.2) is 9.59 Å². The number of imide groups is 1. The van der Waals surface area contributed by atoms with Crippen molar-refractivity contribution in [1.29, 1.82) is 0 Å². The number of halogens is 1. The Balaban J connectivity index is 0.00000400. The SMILES string of the molecule is COc1ccc(CN2C(=O)NC3(CCN(CC[C@H](NC(=O)OC(C)C)c4ccccc4)CC3)C2=O)cc1.Cl. The molecule has 1 spiro atoms. The number of piperidine rings is 1. The van der Waals surface area contributed by atoms with Crippen molar-refractivity contribution >= 4 is 30.4 Å². The molecule has 0 aliphatic carbocycles. The number of methoxy groups -OCH3 is 1. The molecule has 0 bridgehead atoms. The average Bonchev–Trinajstić information content (AvgIpc) is 3.12. The molecule has 0 saturated carbocycles. The van der Waals surface area contributed by atoms with Crippen LogP contribution in [0.15, 0.2) is 54.6 Å². The molecule has 4 rings (SSSR count). The number of nitrogens with one attached hydrogen (secondary N) is 2. The van der Waals surface area contributed by atoms with Crippen molar-refractivity contribution in [2.45, 2.75) is 57.3 Å². The van der Waals surface area contributed by atoms with E-state index in [0.29, 0.717) is 32.4 Å². The van der Waals surface area contributed by atoms with Crippen LogP contribution in [0.5, 0.6) is 5.75 Å². The summed E-state index contributed by atoms with van der Waals surface area (Å²) in [7, 11) is 1.60. The molecule has 4 amide bonds. The molecule has 38 heavy (non-hydrogen) atoms. The van der Waals surface area contributed by atoms with Gasteiger partial charge in [-0.3, -0.25) is 9.69 Å². The summed E-state index contributed by atoms with van der Waals surface area (Å²) >= 11 is 0. The zero-order valence-electron chi connectivity index (χ0n) is 22.1. The van der Waals surface area contributed by atoms with Gasteiger partial charge in [0, 0.05) is 19.6 Å². The molecule has 206 valence electrons. The van der Waals surface area contributed by atoms with Gasteiger partial charge in [-0.15, -0.1) is 12.4 Å². The number of hydrogen-bond acceptors (Lipinski definition) is 6. The smallest absolute Gasteiger partial charge is 0.407 e. The van der Waals surface area contributed by atoms with Gasteiger partial charge in [-0.1, -0.05) is 42.5 Å². The van der Waals surface area contributed by atoms with E-state index in [1.807, 2.05) is 68.4 Å². The van der Waals surface area contributed by atoms with Gasteiger partial charge >= 0.3 is 12.1 Å². The van der Waals surface area contributed by atoms with Crippen molar-refractivity contribution in [2.24, 2.45) is 0 Å². The summed E-state index contributed by atoms with van der Waals surface area (Å²) < 4.78 is 10.5. The number of ether oxygens (including phenoxy) is 2. The van der Waals surface area contributed by atoms with E-state index >= 15 is 0 Å². The van der Waals surface area contributed by atoms with Gasteiger partial charge in [0.1, 0.15) is 11.3 Å². The molecule has 2 N–H and O–H groups in total. The van der Waals surface area contributed by atoms with Gasteiger partial charge in [0.2, 0.25) is 0 Å². The van der Waals surface area contributed by atoms with Crippen LogP contribution >= 0.6 is 12.4 Å². The zero-order valence-corrected chi connectivity index (χ0v) is 23.0. The lowest BCUT2D eigenvalue weighted by Gasteiger charge is -2.37.